The second-order valence-electron chi connectivity index (χ2n) is 6.89. The van der Waals surface area contributed by atoms with Crippen LogP contribution in [0.1, 0.15) is 42.5 Å². The van der Waals surface area contributed by atoms with Gasteiger partial charge in [0.2, 0.25) is 0 Å². The van der Waals surface area contributed by atoms with Gasteiger partial charge in [-0.1, -0.05) is 25.5 Å². The van der Waals surface area contributed by atoms with Crippen LogP contribution in [0.4, 0.5) is 0 Å². The average molecular weight is 407 g/mol. The standard InChI is InChI=1S/C19H30N6O2S/c1-6-7-10-20-19(22-13-18-24-23-15(3)25(18)4)21-12-16-8-9-17(14(2)11-16)28(5,26)27/h8-9,11H,6-7,10,12-13H2,1-5H3,(H2,20,21,22). The first-order valence-electron chi connectivity index (χ1n) is 9.39. The maximum atomic E-state index is 11.8. The van der Waals surface area contributed by atoms with E-state index in [2.05, 4.69) is 32.7 Å². The molecule has 1 aromatic heterocycles. The van der Waals surface area contributed by atoms with Crippen LogP contribution in [0.25, 0.3) is 0 Å². The van der Waals surface area contributed by atoms with Gasteiger partial charge in [0.15, 0.2) is 21.6 Å². The lowest BCUT2D eigenvalue weighted by molar-refractivity contribution is 0.601. The number of sulfone groups is 1. The second kappa shape index (κ2) is 9.68. The number of hydrogen-bond acceptors (Lipinski definition) is 5. The van der Waals surface area contributed by atoms with Crippen molar-refractivity contribution in [3.8, 4) is 0 Å². The maximum absolute atomic E-state index is 11.8. The molecule has 0 aliphatic heterocycles. The third-order valence-corrected chi connectivity index (χ3v) is 5.74. The third-order valence-electron chi connectivity index (χ3n) is 4.48. The summed E-state index contributed by atoms with van der Waals surface area (Å²) in [5.74, 6) is 2.38. The molecule has 0 aliphatic rings. The minimum absolute atomic E-state index is 0.359. The SMILES string of the molecule is CCCCNC(=NCc1ccc(S(C)(=O)=O)c(C)c1)NCc1nnc(C)n1C. The molecule has 2 rings (SSSR count). The van der Waals surface area contributed by atoms with Crippen LogP contribution in [-0.2, 0) is 30.0 Å². The number of aryl methyl sites for hydroxylation is 2. The van der Waals surface area contributed by atoms with Gasteiger partial charge in [0.1, 0.15) is 5.82 Å². The van der Waals surface area contributed by atoms with E-state index >= 15 is 0 Å². The molecule has 154 valence electrons. The zero-order valence-corrected chi connectivity index (χ0v) is 18.1. The molecule has 8 nitrogen and oxygen atoms in total. The zero-order chi connectivity index (χ0) is 20.7. The summed E-state index contributed by atoms with van der Waals surface area (Å²) in [6.45, 7) is 7.64. The van der Waals surface area contributed by atoms with Crippen molar-refractivity contribution in [3.63, 3.8) is 0 Å². The van der Waals surface area contributed by atoms with Crippen LogP contribution in [-0.4, -0.2) is 41.9 Å². The first kappa shape index (κ1) is 21.9. The molecule has 2 aromatic rings. The van der Waals surface area contributed by atoms with E-state index in [0.29, 0.717) is 23.9 Å². The molecule has 0 aliphatic carbocycles. The van der Waals surface area contributed by atoms with E-state index in [0.717, 1.165) is 42.2 Å². The summed E-state index contributed by atoms with van der Waals surface area (Å²) >= 11 is 0. The predicted octanol–water partition coefficient (Wildman–Crippen LogP) is 1.87. The van der Waals surface area contributed by atoms with Gasteiger partial charge in [-0.2, -0.15) is 0 Å². The van der Waals surface area contributed by atoms with E-state index in [4.69, 9.17) is 0 Å². The Hall–Kier alpha value is -2.42. The number of aromatic nitrogens is 3. The summed E-state index contributed by atoms with van der Waals surface area (Å²) in [5.41, 5.74) is 1.69. The molecular formula is C19H30N6O2S. The molecule has 0 unspecified atom stereocenters. The minimum atomic E-state index is -3.21. The van der Waals surface area contributed by atoms with Crippen LogP contribution in [0.5, 0.6) is 0 Å². The molecule has 0 fully saturated rings. The number of unbranched alkanes of at least 4 members (excludes halogenated alkanes) is 1. The molecular weight excluding hydrogens is 376 g/mol. The van der Waals surface area contributed by atoms with E-state index in [-0.39, 0.29) is 0 Å². The van der Waals surface area contributed by atoms with Crippen LogP contribution >= 0.6 is 0 Å². The van der Waals surface area contributed by atoms with Gasteiger partial charge in [0.25, 0.3) is 0 Å². The number of nitrogens with one attached hydrogen (secondary N) is 2. The van der Waals surface area contributed by atoms with Gasteiger partial charge in [0, 0.05) is 19.8 Å². The Kier molecular flexibility index (Phi) is 7.56. The summed E-state index contributed by atoms with van der Waals surface area (Å²) in [4.78, 5) is 5.00. The highest BCUT2D eigenvalue weighted by atomic mass is 32.2. The lowest BCUT2D eigenvalue weighted by Gasteiger charge is -2.12. The van der Waals surface area contributed by atoms with Crippen molar-refractivity contribution >= 4 is 15.8 Å². The van der Waals surface area contributed by atoms with Crippen molar-refractivity contribution in [1.29, 1.82) is 0 Å². The van der Waals surface area contributed by atoms with Crippen LogP contribution in [0, 0.1) is 13.8 Å². The number of aliphatic imine (C=N–C) groups is 1. The molecule has 1 aromatic carbocycles. The number of guanidine groups is 1. The highest BCUT2D eigenvalue weighted by molar-refractivity contribution is 7.90. The molecule has 28 heavy (non-hydrogen) atoms. The van der Waals surface area contributed by atoms with Crippen LogP contribution in [0.15, 0.2) is 28.1 Å². The Morgan fingerprint density at radius 2 is 1.96 bits per heavy atom. The smallest absolute Gasteiger partial charge is 0.191 e. The molecule has 0 spiro atoms. The molecule has 0 saturated heterocycles. The Balaban J connectivity index is 2.10. The largest absolute Gasteiger partial charge is 0.356 e. The fraction of sp³-hybridized carbons (Fsp3) is 0.526. The summed E-state index contributed by atoms with van der Waals surface area (Å²) in [6.07, 6.45) is 3.36. The minimum Gasteiger partial charge on any atom is -0.356 e. The molecule has 9 heteroatoms. The van der Waals surface area contributed by atoms with Crippen molar-refractivity contribution in [2.75, 3.05) is 12.8 Å². The Labute approximate surface area is 167 Å². The predicted molar refractivity (Wildman–Crippen MR) is 111 cm³/mol. The van der Waals surface area contributed by atoms with Gasteiger partial charge in [-0.3, -0.25) is 0 Å². The van der Waals surface area contributed by atoms with E-state index in [1.165, 1.54) is 6.26 Å². The molecule has 0 bridgehead atoms. The number of rotatable bonds is 8. The van der Waals surface area contributed by atoms with Crippen LogP contribution in [0.3, 0.4) is 0 Å². The Bertz CT molecular complexity index is 934. The monoisotopic (exact) mass is 406 g/mol. The summed E-state index contributed by atoms with van der Waals surface area (Å²) in [7, 11) is -1.28. The van der Waals surface area contributed by atoms with Crippen LogP contribution in [0.2, 0.25) is 0 Å². The van der Waals surface area contributed by atoms with Crippen LogP contribution < -0.4 is 10.6 Å². The van der Waals surface area contributed by atoms with Crippen molar-refractivity contribution in [2.24, 2.45) is 12.0 Å². The topological polar surface area (TPSA) is 101 Å². The highest BCUT2D eigenvalue weighted by Crippen LogP contribution is 2.17. The van der Waals surface area contributed by atoms with E-state index in [9.17, 15) is 8.42 Å². The molecule has 0 saturated carbocycles. The van der Waals surface area contributed by atoms with E-state index < -0.39 is 9.84 Å². The normalized spacial score (nSPS) is 12.2. The quantitative estimate of drug-likeness (QED) is 0.394. The van der Waals surface area contributed by atoms with Crippen molar-refractivity contribution < 1.29 is 8.42 Å². The zero-order valence-electron chi connectivity index (χ0n) is 17.3. The maximum Gasteiger partial charge on any atom is 0.191 e. The van der Waals surface area contributed by atoms with Crippen molar-refractivity contribution in [1.82, 2.24) is 25.4 Å². The molecule has 0 atom stereocenters. The van der Waals surface area contributed by atoms with Crippen molar-refractivity contribution in [2.45, 2.75) is 51.6 Å². The number of nitrogens with zero attached hydrogens (tertiary/aromatic N) is 4. The second-order valence-corrected chi connectivity index (χ2v) is 8.88. The fourth-order valence-electron chi connectivity index (χ4n) is 2.72. The van der Waals surface area contributed by atoms with Gasteiger partial charge in [0.05, 0.1) is 18.0 Å². The highest BCUT2D eigenvalue weighted by Gasteiger charge is 2.11. The number of benzene rings is 1. The van der Waals surface area contributed by atoms with Gasteiger partial charge >= 0.3 is 0 Å². The van der Waals surface area contributed by atoms with Gasteiger partial charge in [-0.15, -0.1) is 10.2 Å². The van der Waals surface area contributed by atoms with Gasteiger partial charge in [-0.05, 0) is 37.5 Å². The Morgan fingerprint density at radius 3 is 2.54 bits per heavy atom. The first-order chi connectivity index (χ1) is 13.2. The summed E-state index contributed by atoms with van der Waals surface area (Å²) in [5, 5.41) is 14.8. The summed E-state index contributed by atoms with van der Waals surface area (Å²) in [6, 6.07) is 5.33. The van der Waals surface area contributed by atoms with E-state index in [1.54, 1.807) is 13.0 Å². The van der Waals surface area contributed by atoms with Crippen molar-refractivity contribution in [3.05, 3.63) is 41.0 Å². The Morgan fingerprint density at radius 1 is 1.21 bits per heavy atom. The lowest BCUT2D eigenvalue weighted by atomic mass is 10.1. The first-order valence-corrected chi connectivity index (χ1v) is 11.3. The molecule has 1 heterocycles. The molecule has 0 radical (unpaired) electrons. The average Bonchev–Trinajstić information content (AvgIpc) is 2.94. The number of hydrogen-bond donors (Lipinski definition) is 2. The van der Waals surface area contributed by atoms with Gasteiger partial charge in [-0.25, -0.2) is 13.4 Å². The molecule has 0 amide bonds. The summed E-state index contributed by atoms with van der Waals surface area (Å²) < 4.78 is 25.5. The molecule has 2 N–H and O–H groups in total. The van der Waals surface area contributed by atoms with Gasteiger partial charge < -0.3 is 15.2 Å². The van der Waals surface area contributed by atoms with E-state index in [1.807, 2.05) is 30.7 Å². The fourth-order valence-corrected chi connectivity index (χ4v) is 3.68. The third kappa shape index (κ3) is 6.05. The lowest BCUT2D eigenvalue weighted by Crippen LogP contribution is -2.38.